The summed E-state index contributed by atoms with van der Waals surface area (Å²) in [4.78, 5) is 15.0. The normalized spacial score (nSPS) is 17.7. The summed E-state index contributed by atoms with van der Waals surface area (Å²) in [7, 11) is 0. The van der Waals surface area contributed by atoms with Gasteiger partial charge in [0.1, 0.15) is 0 Å². The summed E-state index contributed by atoms with van der Waals surface area (Å²) in [6.45, 7) is 6.67. The van der Waals surface area contributed by atoms with Crippen LogP contribution in [0.1, 0.15) is 50.3 Å². The van der Waals surface area contributed by atoms with Gasteiger partial charge < -0.3 is 10.2 Å². The molecule has 1 amide bonds. The number of piperidine rings is 1. The van der Waals surface area contributed by atoms with Crippen molar-refractivity contribution in [2.45, 2.75) is 45.6 Å². The SMILES string of the molecule is C[C@@H]1CCCN(c2ccc([C@H](C)NC(=O)CCc3cccc4ccccc34)cc2)C1. The second-order valence-corrected chi connectivity index (χ2v) is 8.71. The minimum Gasteiger partial charge on any atom is -0.371 e. The van der Waals surface area contributed by atoms with Crippen LogP contribution in [0.4, 0.5) is 5.69 Å². The van der Waals surface area contributed by atoms with E-state index in [0.29, 0.717) is 6.42 Å². The zero-order valence-electron chi connectivity index (χ0n) is 18.1. The van der Waals surface area contributed by atoms with E-state index in [1.54, 1.807) is 0 Å². The number of nitrogens with zero attached hydrogens (tertiary/aromatic N) is 1. The molecule has 0 radical (unpaired) electrons. The van der Waals surface area contributed by atoms with Gasteiger partial charge in [-0.2, -0.15) is 0 Å². The predicted octanol–water partition coefficient (Wildman–Crippen LogP) is 5.89. The smallest absolute Gasteiger partial charge is 0.220 e. The summed E-state index contributed by atoms with van der Waals surface area (Å²) in [6.07, 6.45) is 3.86. The zero-order valence-corrected chi connectivity index (χ0v) is 18.1. The number of carbonyl (C=O) groups excluding carboxylic acids is 1. The Kier molecular flexibility index (Phi) is 6.37. The monoisotopic (exact) mass is 400 g/mol. The van der Waals surface area contributed by atoms with Crippen LogP contribution in [0.25, 0.3) is 10.8 Å². The quantitative estimate of drug-likeness (QED) is 0.560. The van der Waals surface area contributed by atoms with Gasteiger partial charge in [-0.1, -0.05) is 61.5 Å². The van der Waals surface area contributed by atoms with E-state index < -0.39 is 0 Å². The fourth-order valence-corrected chi connectivity index (χ4v) is 4.55. The minimum absolute atomic E-state index is 0.0133. The lowest BCUT2D eigenvalue weighted by Gasteiger charge is -2.33. The summed E-state index contributed by atoms with van der Waals surface area (Å²) in [5, 5.41) is 5.64. The molecule has 30 heavy (non-hydrogen) atoms. The Labute approximate surface area is 180 Å². The second-order valence-electron chi connectivity index (χ2n) is 8.71. The lowest BCUT2D eigenvalue weighted by atomic mass is 9.99. The number of nitrogens with one attached hydrogen (secondary N) is 1. The van der Waals surface area contributed by atoms with Crippen molar-refractivity contribution in [3.63, 3.8) is 0 Å². The molecule has 3 nitrogen and oxygen atoms in total. The molecule has 0 aromatic heterocycles. The van der Waals surface area contributed by atoms with E-state index in [1.807, 2.05) is 0 Å². The number of carbonyl (C=O) groups is 1. The molecule has 1 fully saturated rings. The lowest BCUT2D eigenvalue weighted by Crippen LogP contribution is -2.34. The van der Waals surface area contributed by atoms with E-state index in [1.165, 1.54) is 34.9 Å². The molecule has 0 unspecified atom stereocenters. The molecule has 0 aliphatic carbocycles. The number of amides is 1. The van der Waals surface area contributed by atoms with E-state index in [-0.39, 0.29) is 11.9 Å². The van der Waals surface area contributed by atoms with Gasteiger partial charge in [-0.15, -0.1) is 0 Å². The van der Waals surface area contributed by atoms with Gasteiger partial charge >= 0.3 is 0 Å². The van der Waals surface area contributed by atoms with Crippen molar-refractivity contribution < 1.29 is 4.79 Å². The molecule has 1 aliphatic rings. The second kappa shape index (κ2) is 9.34. The van der Waals surface area contributed by atoms with Gasteiger partial charge in [-0.25, -0.2) is 0 Å². The number of fused-ring (bicyclic) bond motifs is 1. The first kappa shape index (κ1) is 20.5. The highest BCUT2D eigenvalue weighted by molar-refractivity contribution is 5.86. The van der Waals surface area contributed by atoms with E-state index in [9.17, 15) is 4.79 Å². The van der Waals surface area contributed by atoms with Crippen LogP contribution in [0.3, 0.4) is 0 Å². The average Bonchev–Trinajstić information content (AvgIpc) is 2.77. The highest BCUT2D eigenvalue weighted by Gasteiger charge is 2.17. The molecule has 0 saturated carbocycles. The van der Waals surface area contributed by atoms with E-state index in [0.717, 1.165) is 31.0 Å². The molecule has 0 spiro atoms. The first-order valence-electron chi connectivity index (χ1n) is 11.2. The molecule has 2 atom stereocenters. The van der Waals surface area contributed by atoms with Gasteiger partial charge in [-0.3, -0.25) is 4.79 Å². The van der Waals surface area contributed by atoms with Crippen LogP contribution in [-0.2, 0) is 11.2 Å². The molecular weight excluding hydrogens is 368 g/mol. The number of benzene rings is 3. The van der Waals surface area contributed by atoms with Crippen molar-refractivity contribution in [3.8, 4) is 0 Å². The molecule has 156 valence electrons. The Bertz CT molecular complexity index is 990. The molecule has 1 heterocycles. The summed E-state index contributed by atoms with van der Waals surface area (Å²) in [5.74, 6) is 0.864. The third-order valence-electron chi connectivity index (χ3n) is 6.29. The topological polar surface area (TPSA) is 32.3 Å². The Morgan fingerprint density at radius 2 is 1.83 bits per heavy atom. The van der Waals surface area contributed by atoms with E-state index in [2.05, 4.69) is 90.8 Å². The van der Waals surface area contributed by atoms with Crippen LogP contribution in [0.5, 0.6) is 0 Å². The maximum Gasteiger partial charge on any atom is 0.220 e. The summed E-state index contributed by atoms with van der Waals surface area (Å²) in [6, 6.07) is 23.4. The van der Waals surface area contributed by atoms with Crippen LogP contribution < -0.4 is 10.2 Å². The highest BCUT2D eigenvalue weighted by atomic mass is 16.1. The van der Waals surface area contributed by atoms with Crippen LogP contribution in [0.2, 0.25) is 0 Å². The zero-order chi connectivity index (χ0) is 20.9. The molecule has 1 N–H and O–H groups in total. The number of rotatable bonds is 6. The number of hydrogen-bond acceptors (Lipinski definition) is 2. The number of anilines is 1. The van der Waals surface area contributed by atoms with Crippen LogP contribution in [-0.4, -0.2) is 19.0 Å². The highest BCUT2D eigenvalue weighted by Crippen LogP contribution is 2.25. The molecule has 3 aromatic carbocycles. The predicted molar refractivity (Wildman–Crippen MR) is 126 cm³/mol. The van der Waals surface area contributed by atoms with Crippen molar-refractivity contribution >= 4 is 22.4 Å². The summed E-state index contributed by atoms with van der Waals surface area (Å²) >= 11 is 0. The molecule has 3 aromatic rings. The van der Waals surface area contributed by atoms with Crippen molar-refractivity contribution in [2.75, 3.05) is 18.0 Å². The molecule has 4 rings (SSSR count). The fraction of sp³-hybridized carbons (Fsp3) is 0.370. The van der Waals surface area contributed by atoms with Crippen molar-refractivity contribution in [2.24, 2.45) is 5.92 Å². The van der Waals surface area contributed by atoms with Gasteiger partial charge in [0.2, 0.25) is 5.91 Å². The maximum atomic E-state index is 12.6. The Morgan fingerprint density at radius 3 is 2.63 bits per heavy atom. The van der Waals surface area contributed by atoms with Crippen molar-refractivity contribution in [3.05, 3.63) is 77.9 Å². The van der Waals surface area contributed by atoms with Gasteiger partial charge in [0.25, 0.3) is 0 Å². The molecule has 1 saturated heterocycles. The largest absolute Gasteiger partial charge is 0.371 e. The Hall–Kier alpha value is -2.81. The fourth-order valence-electron chi connectivity index (χ4n) is 4.55. The minimum atomic E-state index is 0.0133. The summed E-state index contributed by atoms with van der Waals surface area (Å²) < 4.78 is 0. The van der Waals surface area contributed by atoms with Gasteiger partial charge in [0.05, 0.1) is 6.04 Å². The van der Waals surface area contributed by atoms with Crippen LogP contribution in [0.15, 0.2) is 66.7 Å². The molecular formula is C27H32N2O. The van der Waals surface area contributed by atoms with E-state index in [4.69, 9.17) is 0 Å². The van der Waals surface area contributed by atoms with Gasteiger partial charge in [-0.05, 0) is 66.1 Å². The summed E-state index contributed by atoms with van der Waals surface area (Å²) in [5.41, 5.74) is 3.68. The van der Waals surface area contributed by atoms with E-state index >= 15 is 0 Å². The van der Waals surface area contributed by atoms with Gasteiger partial charge in [0, 0.05) is 25.2 Å². The molecule has 3 heteroatoms. The standard InChI is InChI=1S/C27H32N2O/c1-20-7-6-18-29(19-20)25-15-12-22(13-16-25)21(2)28-27(30)17-14-24-10-5-9-23-8-3-4-11-26(23)24/h3-5,8-13,15-16,20-21H,6-7,14,17-19H2,1-2H3,(H,28,30)/t20-,21+/m1/s1. The van der Waals surface area contributed by atoms with Crippen molar-refractivity contribution in [1.29, 1.82) is 0 Å². The third-order valence-corrected chi connectivity index (χ3v) is 6.29. The van der Waals surface area contributed by atoms with Crippen LogP contribution >= 0.6 is 0 Å². The Balaban J connectivity index is 1.33. The maximum absolute atomic E-state index is 12.6. The number of hydrogen-bond donors (Lipinski definition) is 1. The Morgan fingerprint density at radius 1 is 1.07 bits per heavy atom. The third kappa shape index (κ3) is 4.84. The molecule has 1 aliphatic heterocycles. The average molecular weight is 401 g/mol. The van der Waals surface area contributed by atoms with Gasteiger partial charge in [0.15, 0.2) is 0 Å². The van der Waals surface area contributed by atoms with Crippen molar-refractivity contribution in [1.82, 2.24) is 5.32 Å². The lowest BCUT2D eigenvalue weighted by molar-refractivity contribution is -0.121. The molecule has 0 bridgehead atoms. The number of aryl methyl sites for hydroxylation is 1. The first-order valence-corrected chi connectivity index (χ1v) is 11.2. The first-order chi connectivity index (χ1) is 14.6. The van der Waals surface area contributed by atoms with Crippen LogP contribution in [0, 0.1) is 5.92 Å².